The highest BCUT2D eigenvalue weighted by Gasteiger charge is 2.31. The van der Waals surface area contributed by atoms with E-state index in [4.69, 9.17) is 4.74 Å². The summed E-state index contributed by atoms with van der Waals surface area (Å²) in [4.78, 5) is 28.6. The number of amides is 2. The van der Waals surface area contributed by atoms with Crippen molar-refractivity contribution in [3.8, 4) is 5.69 Å². The van der Waals surface area contributed by atoms with Gasteiger partial charge < -0.3 is 14.5 Å². The molecule has 1 aromatic heterocycles. The van der Waals surface area contributed by atoms with Gasteiger partial charge in [0.05, 0.1) is 12.3 Å². The molecule has 0 spiro atoms. The fourth-order valence-electron chi connectivity index (χ4n) is 4.20. The molecule has 160 valence electrons. The smallest absolute Gasteiger partial charge is 0.409 e. The third kappa shape index (κ3) is 4.04. The Bertz CT molecular complexity index is 917. The van der Waals surface area contributed by atoms with Crippen molar-refractivity contribution in [3.05, 3.63) is 47.0 Å². The van der Waals surface area contributed by atoms with Crippen LogP contribution in [0.2, 0.25) is 0 Å². The lowest BCUT2D eigenvalue weighted by Crippen LogP contribution is -2.51. The van der Waals surface area contributed by atoms with Gasteiger partial charge in [-0.05, 0) is 56.9 Å². The van der Waals surface area contributed by atoms with Crippen LogP contribution in [0.4, 0.5) is 9.18 Å². The maximum absolute atomic E-state index is 13.4. The Morgan fingerprint density at radius 1 is 1.00 bits per heavy atom. The van der Waals surface area contributed by atoms with Crippen LogP contribution in [-0.4, -0.2) is 64.4 Å². The van der Waals surface area contributed by atoms with E-state index in [-0.39, 0.29) is 17.8 Å². The topological polar surface area (TPSA) is 67.7 Å². The Kier molecular flexibility index (Phi) is 6.01. The molecule has 0 saturated carbocycles. The minimum atomic E-state index is -0.334. The van der Waals surface area contributed by atoms with E-state index < -0.39 is 0 Å². The highest BCUT2D eigenvalue weighted by atomic mass is 19.1. The first kappa shape index (κ1) is 20.4. The van der Waals surface area contributed by atoms with Crippen LogP contribution in [0.3, 0.4) is 0 Å². The lowest BCUT2D eigenvalue weighted by Gasteiger charge is -2.33. The first-order chi connectivity index (χ1) is 14.6. The maximum atomic E-state index is 13.4. The quantitative estimate of drug-likeness (QED) is 0.724. The molecule has 1 aliphatic heterocycles. The van der Waals surface area contributed by atoms with Crippen LogP contribution >= 0.6 is 0 Å². The van der Waals surface area contributed by atoms with E-state index in [9.17, 15) is 14.0 Å². The molecule has 8 heteroatoms. The lowest BCUT2D eigenvalue weighted by atomic mass is 10.1. The molecule has 2 amide bonds. The van der Waals surface area contributed by atoms with Gasteiger partial charge in [0.2, 0.25) is 0 Å². The zero-order valence-electron chi connectivity index (χ0n) is 17.3. The van der Waals surface area contributed by atoms with Crippen LogP contribution < -0.4 is 0 Å². The molecule has 1 aliphatic carbocycles. The van der Waals surface area contributed by atoms with Gasteiger partial charge in [0.25, 0.3) is 5.91 Å². The summed E-state index contributed by atoms with van der Waals surface area (Å²) in [5.41, 5.74) is 3.31. The van der Waals surface area contributed by atoms with Gasteiger partial charge in [-0.15, -0.1) is 0 Å². The van der Waals surface area contributed by atoms with Gasteiger partial charge in [-0.3, -0.25) is 4.79 Å². The SMILES string of the molecule is CCOC(=O)N1CCN(C(=O)c2nn(-c3ccc(F)cc3)c3c2CCCCC3)CC1. The van der Waals surface area contributed by atoms with Crippen molar-refractivity contribution in [3.63, 3.8) is 0 Å². The molecule has 2 aromatic rings. The molecule has 30 heavy (non-hydrogen) atoms. The molecule has 1 aromatic carbocycles. The summed E-state index contributed by atoms with van der Waals surface area (Å²) in [6.45, 7) is 3.92. The Morgan fingerprint density at radius 3 is 2.37 bits per heavy atom. The largest absolute Gasteiger partial charge is 0.450 e. The predicted molar refractivity (Wildman–Crippen MR) is 109 cm³/mol. The van der Waals surface area contributed by atoms with Crippen LogP contribution in [0.15, 0.2) is 24.3 Å². The maximum Gasteiger partial charge on any atom is 0.409 e. The number of benzene rings is 1. The molecule has 1 saturated heterocycles. The molecule has 0 radical (unpaired) electrons. The normalized spacial score (nSPS) is 16.7. The van der Waals surface area contributed by atoms with Crippen LogP contribution in [0.5, 0.6) is 0 Å². The van der Waals surface area contributed by atoms with Crippen LogP contribution in [0.25, 0.3) is 5.69 Å². The monoisotopic (exact) mass is 414 g/mol. The second-order valence-electron chi connectivity index (χ2n) is 7.70. The molecular formula is C22H27FN4O3. The summed E-state index contributed by atoms with van der Waals surface area (Å²) in [6, 6.07) is 6.21. The number of ether oxygens (including phenoxy) is 1. The van der Waals surface area contributed by atoms with E-state index in [1.165, 1.54) is 12.1 Å². The van der Waals surface area contributed by atoms with Crippen molar-refractivity contribution >= 4 is 12.0 Å². The number of carbonyl (C=O) groups excluding carboxylic acids is 2. The van der Waals surface area contributed by atoms with Crippen LogP contribution in [-0.2, 0) is 17.6 Å². The van der Waals surface area contributed by atoms with Crippen LogP contribution in [0, 0.1) is 5.82 Å². The highest BCUT2D eigenvalue weighted by Crippen LogP contribution is 2.27. The number of halogens is 1. The number of fused-ring (bicyclic) bond motifs is 1. The molecule has 0 atom stereocenters. The number of hydrogen-bond acceptors (Lipinski definition) is 4. The highest BCUT2D eigenvalue weighted by molar-refractivity contribution is 5.94. The van der Waals surface area contributed by atoms with E-state index in [1.54, 1.807) is 28.9 Å². The summed E-state index contributed by atoms with van der Waals surface area (Å²) in [6.07, 6.45) is 4.53. The van der Waals surface area contributed by atoms with Gasteiger partial charge in [0.15, 0.2) is 5.69 Å². The van der Waals surface area contributed by atoms with Crippen molar-refractivity contribution in [2.24, 2.45) is 0 Å². The minimum Gasteiger partial charge on any atom is -0.450 e. The predicted octanol–water partition coefficient (Wildman–Crippen LogP) is 3.19. The molecule has 0 N–H and O–H groups in total. The Morgan fingerprint density at radius 2 is 1.67 bits per heavy atom. The first-order valence-electron chi connectivity index (χ1n) is 10.7. The van der Waals surface area contributed by atoms with E-state index in [1.807, 2.05) is 4.68 Å². The van der Waals surface area contributed by atoms with Gasteiger partial charge in [0.1, 0.15) is 5.82 Å². The molecule has 7 nitrogen and oxygen atoms in total. The molecule has 4 rings (SSSR count). The Labute approximate surface area is 175 Å². The Hall–Kier alpha value is -2.90. The average Bonchev–Trinajstić information content (AvgIpc) is 2.95. The third-order valence-electron chi connectivity index (χ3n) is 5.80. The minimum absolute atomic E-state index is 0.0995. The second-order valence-corrected chi connectivity index (χ2v) is 7.70. The second kappa shape index (κ2) is 8.85. The summed E-state index contributed by atoms with van der Waals surface area (Å²) in [5, 5.41) is 4.69. The van der Waals surface area contributed by atoms with E-state index in [0.29, 0.717) is 38.5 Å². The Balaban J connectivity index is 1.59. The lowest BCUT2D eigenvalue weighted by molar-refractivity contribution is 0.0564. The van der Waals surface area contributed by atoms with E-state index >= 15 is 0 Å². The third-order valence-corrected chi connectivity index (χ3v) is 5.80. The first-order valence-corrected chi connectivity index (χ1v) is 10.7. The molecule has 2 aliphatic rings. The van der Waals surface area contributed by atoms with Crippen molar-refractivity contribution in [2.45, 2.75) is 39.0 Å². The van der Waals surface area contributed by atoms with E-state index in [2.05, 4.69) is 5.10 Å². The molecular weight excluding hydrogens is 387 g/mol. The van der Waals surface area contributed by atoms with Gasteiger partial charge >= 0.3 is 6.09 Å². The number of aromatic nitrogens is 2. The zero-order valence-corrected chi connectivity index (χ0v) is 17.3. The number of piperazine rings is 1. The summed E-state index contributed by atoms with van der Waals surface area (Å²) in [5.74, 6) is -0.398. The van der Waals surface area contributed by atoms with Crippen molar-refractivity contribution < 1.29 is 18.7 Å². The fourth-order valence-corrected chi connectivity index (χ4v) is 4.20. The number of rotatable bonds is 3. The fraction of sp³-hybridized carbons (Fsp3) is 0.500. The van der Waals surface area contributed by atoms with Crippen molar-refractivity contribution in [1.82, 2.24) is 19.6 Å². The molecule has 2 heterocycles. The summed E-state index contributed by atoms with van der Waals surface area (Å²) >= 11 is 0. The van der Waals surface area contributed by atoms with E-state index in [0.717, 1.165) is 49.0 Å². The van der Waals surface area contributed by atoms with Crippen LogP contribution in [0.1, 0.15) is 47.9 Å². The number of hydrogen-bond donors (Lipinski definition) is 0. The average molecular weight is 414 g/mol. The van der Waals surface area contributed by atoms with Crippen molar-refractivity contribution in [2.75, 3.05) is 32.8 Å². The van der Waals surface area contributed by atoms with Gasteiger partial charge in [-0.25, -0.2) is 13.9 Å². The van der Waals surface area contributed by atoms with Gasteiger partial charge in [0, 0.05) is 37.4 Å². The number of nitrogens with zero attached hydrogens (tertiary/aromatic N) is 4. The zero-order chi connectivity index (χ0) is 21.1. The molecule has 0 bridgehead atoms. The summed E-state index contributed by atoms with van der Waals surface area (Å²) in [7, 11) is 0. The van der Waals surface area contributed by atoms with Crippen molar-refractivity contribution in [1.29, 1.82) is 0 Å². The standard InChI is InChI=1S/C22H27FN4O3/c1-2-30-22(29)26-14-12-25(13-15-26)21(28)20-18-6-4-3-5-7-19(18)27(24-20)17-10-8-16(23)9-11-17/h8-11H,2-7,12-15H2,1H3. The van der Waals surface area contributed by atoms with Gasteiger partial charge in [-0.2, -0.15) is 5.10 Å². The summed E-state index contributed by atoms with van der Waals surface area (Å²) < 4.78 is 20.3. The molecule has 1 fully saturated rings. The molecule has 0 unspecified atom stereocenters. The van der Waals surface area contributed by atoms with Gasteiger partial charge in [-0.1, -0.05) is 6.42 Å². The number of carbonyl (C=O) groups is 2.